The van der Waals surface area contributed by atoms with Crippen LogP contribution in [0.1, 0.15) is 15.7 Å². The van der Waals surface area contributed by atoms with Crippen molar-refractivity contribution < 1.29 is 21.6 Å². The lowest BCUT2D eigenvalue weighted by atomic mass is 10.2. The first-order valence-corrected chi connectivity index (χ1v) is 6.93. The largest absolute Gasteiger partial charge is 0.410 e. The van der Waals surface area contributed by atoms with E-state index in [0.717, 1.165) is 17.4 Å². The molecule has 86 valence electrons. The van der Waals surface area contributed by atoms with Gasteiger partial charge in [0.25, 0.3) is 0 Å². The fourth-order valence-electron chi connectivity index (χ4n) is 1.15. The second-order valence-electron chi connectivity index (χ2n) is 2.83. The van der Waals surface area contributed by atoms with Gasteiger partial charge in [0, 0.05) is 15.6 Å². The average Bonchev–Trinajstić information content (AvgIpc) is 2.30. The molecule has 0 bridgehead atoms. The lowest BCUT2D eigenvalue weighted by Crippen LogP contribution is -2.25. The Kier molecular flexibility index (Phi) is 3.37. The van der Waals surface area contributed by atoms with Crippen LogP contribution in [0.5, 0.6) is 0 Å². The molecule has 2 nitrogen and oxygen atoms in total. The number of rotatable bonds is 2. The zero-order valence-corrected chi connectivity index (χ0v) is 9.77. The number of thiophene rings is 1. The van der Waals surface area contributed by atoms with Crippen LogP contribution in [0.4, 0.5) is 13.2 Å². The molecule has 0 saturated carbocycles. The summed E-state index contributed by atoms with van der Waals surface area (Å²) in [5.74, 6) is 0. The van der Waals surface area contributed by atoms with Crippen LogP contribution in [0, 0.1) is 6.92 Å². The van der Waals surface area contributed by atoms with Crippen molar-refractivity contribution in [1.82, 2.24) is 0 Å². The predicted molar refractivity (Wildman–Crippen MR) is 52.6 cm³/mol. The molecule has 0 spiro atoms. The first-order valence-electron chi connectivity index (χ1n) is 3.68. The Balaban J connectivity index is 3.33. The topological polar surface area (TPSA) is 34.1 Å². The predicted octanol–water partition coefficient (Wildman–Crippen LogP) is 3.23. The molecule has 15 heavy (non-hydrogen) atoms. The Hall–Kier alpha value is -0.270. The second kappa shape index (κ2) is 3.95. The molecule has 0 radical (unpaired) electrons. The molecule has 0 N–H and O–H groups in total. The molecule has 1 atom stereocenters. The maximum atomic E-state index is 12.5. The van der Waals surface area contributed by atoms with Crippen molar-refractivity contribution in [1.29, 1.82) is 0 Å². The van der Waals surface area contributed by atoms with Crippen molar-refractivity contribution in [3.05, 3.63) is 21.9 Å². The monoisotopic (exact) mass is 278 g/mol. The molecule has 0 saturated heterocycles. The van der Waals surface area contributed by atoms with Gasteiger partial charge >= 0.3 is 6.18 Å². The average molecular weight is 279 g/mol. The fourth-order valence-corrected chi connectivity index (χ4v) is 3.44. The third-order valence-electron chi connectivity index (χ3n) is 1.76. The van der Waals surface area contributed by atoms with E-state index in [4.69, 9.17) is 10.7 Å². The molecule has 8 heteroatoms. The van der Waals surface area contributed by atoms with Crippen molar-refractivity contribution in [3.63, 3.8) is 0 Å². The van der Waals surface area contributed by atoms with Crippen LogP contribution in [0.25, 0.3) is 0 Å². The maximum absolute atomic E-state index is 12.5. The summed E-state index contributed by atoms with van der Waals surface area (Å²) in [7, 11) is 0.0899. The molecule has 0 fully saturated rings. The van der Waals surface area contributed by atoms with Gasteiger partial charge in [-0.05, 0) is 23.9 Å². The van der Waals surface area contributed by atoms with Crippen LogP contribution in [0.3, 0.4) is 0 Å². The number of hydrogen-bond donors (Lipinski definition) is 0. The first-order chi connectivity index (χ1) is 6.64. The van der Waals surface area contributed by atoms with Crippen LogP contribution >= 0.6 is 22.0 Å². The molecule has 0 aromatic carbocycles. The van der Waals surface area contributed by atoms with Gasteiger partial charge in [0.2, 0.25) is 9.05 Å². The normalized spacial score (nSPS) is 15.3. The molecule has 1 heterocycles. The number of aryl methyl sites for hydroxylation is 1. The Morgan fingerprint density at radius 1 is 1.47 bits per heavy atom. The van der Waals surface area contributed by atoms with Crippen LogP contribution < -0.4 is 0 Å². The lowest BCUT2D eigenvalue weighted by molar-refractivity contribution is -0.131. The van der Waals surface area contributed by atoms with Crippen LogP contribution in [-0.4, -0.2) is 14.6 Å². The van der Waals surface area contributed by atoms with E-state index in [-0.39, 0.29) is 5.56 Å². The SMILES string of the molecule is Cc1sccc1C(C(F)(F)F)S(=O)(=O)Cl. The van der Waals surface area contributed by atoms with E-state index in [2.05, 4.69) is 0 Å². The summed E-state index contributed by atoms with van der Waals surface area (Å²) in [6.45, 7) is 1.42. The van der Waals surface area contributed by atoms with E-state index in [0.29, 0.717) is 4.88 Å². The van der Waals surface area contributed by atoms with Crippen molar-refractivity contribution in [2.75, 3.05) is 0 Å². The summed E-state index contributed by atoms with van der Waals surface area (Å²) in [6, 6.07) is 1.12. The molecule has 1 rings (SSSR count). The third kappa shape index (κ3) is 2.85. The molecule has 0 aliphatic rings. The Morgan fingerprint density at radius 3 is 2.27 bits per heavy atom. The molecule has 0 aliphatic carbocycles. The summed E-state index contributed by atoms with van der Waals surface area (Å²) < 4.78 is 59.3. The first kappa shape index (κ1) is 12.8. The van der Waals surface area contributed by atoms with Gasteiger partial charge in [0.05, 0.1) is 0 Å². The van der Waals surface area contributed by atoms with Crippen LogP contribution in [-0.2, 0) is 9.05 Å². The second-order valence-corrected chi connectivity index (χ2v) is 6.66. The van der Waals surface area contributed by atoms with Gasteiger partial charge in [0.15, 0.2) is 5.25 Å². The van der Waals surface area contributed by atoms with Gasteiger partial charge < -0.3 is 0 Å². The summed E-state index contributed by atoms with van der Waals surface area (Å²) in [5, 5.41) is -1.25. The van der Waals surface area contributed by atoms with E-state index < -0.39 is 20.5 Å². The molecule has 1 aromatic heterocycles. The van der Waals surface area contributed by atoms with Gasteiger partial charge in [-0.3, -0.25) is 0 Å². The molecule has 0 amide bonds. The highest BCUT2D eigenvalue weighted by molar-refractivity contribution is 8.14. The zero-order valence-electron chi connectivity index (χ0n) is 7.38. The standard InChI is InChI=1S/C7H6ClF3O2S2/c1-4-5(2-3-14-4)6(7(9,10)11)15(8,12)13/h2-3,6H,1H3. The van der Waals surface area contributed by atoms with Gasteiger partial charge in [-0.15, -0.1) is 11.3 Å². The number of hydrogen-bond acceptors (Lipinski definition) is 3. The van der Waals surface area contributed by atoms with Gasteiger partial charge in [-0.1, -0.05) is 0 Å². The summed E-state index contributed by atoms with van der Waals surface area (Å²) >= 11 is 1.04. The summed E-state index contributed by atoms with van der Waals surface area (Å²) in [6.07, 6.45) is -4.90. The third-order valence-corrected chi connectivity index (χ3v) is 4.24. The molecule has 1 aromatic rings. The number of halogens is 4. The van der Waals surface area contributed by atoms with Gasteiger partial charge in [-0.2, -0.15) is 13.2 Å². The molecular formula is C7H6ClF3O2S2. The highest BCUT2D eigenvalue weighted by Gasteiger charge is 2.50. The summed E-state index contributed by atoms with van der Waals surface area (Å²) in [4.78, 5) is 0.293. The highest BCUT2D eigenvalue weighted by atomic mass is 35.7. The Morgan fingerprint density at radius 2 is 2.00 bits per heavy atom. The maximum Gasteiger partial charge on any atom is 0.410 e. The van der Waals surface area contributed by atoms with Crippen molar-refractivity contribution in [2.24, 2.45) is 0 Å². The van der Waals surface area contributed by atoms with E-state index in [1.807, 2.05) is 0 Å². The van der Waals surface area contributed by atoms with E-state index >= 15 is 0 Å². The lowest BCUT2D eigenvalue weighted by Gasteiger charge is -2.16. The number of alkyl halides is 3. The van der Waals surface area contributed by atoms with Gasteiger partial charge in [0.1, 0.15) is 0 Å². The van der Waals surface area contributed by atoms with E-state index in [1.165, 1.54) is 12.3 Å². The van der Waals surface area contributed by atoms with Crippen LogP contribution in [0.2, 0.25) is 0 Å². The minimum atomic E-state index is -4.90. The van der Waals surface area contributed by atoms with E-state index in [9.17, 15) is 21.6 Å². The minimum absolute atomic E-state index is 0.293. The minimum Gasteiger partial charge on any atom is -0.211 e. The molecule has 1 unspecified atom stereocenters. The summed E-state index contributed by atoms with van der Waals surface area (Å²) in [5.41, 5.74) is -0.303. The Bertz CT molecular complexity index is 449. The Labute approximate surface area is 93.1 Å². The zero-order chi connectivity index (χ0) is 11.9. The van der Waals surface area contributed by atoms with Crippen molar-refractivity contribution in [3.8, 4) is 0 Å². The smallest absolute Gasteiger partial charge is 0.211 e. The van der Waals surface area contributed by atoms with Crippen molar-refractivity contribution in [2.45, 2.75) is 18.3 Å². The quantitative estimate of drug-likeness (QED) is 0.779. The highest BCUT2D eigenvalue weighted by Crippen LogP contribution is 2.43. The van der Waals surface area contributed by atoms with E-state index in [1.54, 1.807) is 0 Å². The van der Waals surface area contributed by atoms with Crippen molar-refractivity contribution >= 4 is 31.1 Å². The van der Waals surface area contributed by atoms with Gasteiger partial charge in [-0.25, -0.2) is 8.42 Å². The van der Waals surface area contributed by atoms with Crippen LogP contribution in [0.15, 0.2) is 11.4 Å². The molecular weight excluding hydrogens is 273 g/mol. The molecule has 0 aliphatic heterocycles. The fraction of sp³-hybridized carbons (Fsp3) is 0.429.